The fourth-order valence-corrected chi connectivity index (χ4v) is 2.44. The van der Waals surface area contributed by atoms with Gasteiger partial charge in [0, 0.05) is 6.08 Å². The maximum absolute atomic E-state index is 11.2. The summed E-state index contributed by atoms with van der Waals surface area (Å²) in [4.78, 5) is -0.266. The molecule has 0 unspecified atom stereocenters. The second-order valence-electron chi connectivity index (χ2n) is 3.45. The van der Waals surface area contributed by atoms with Gasteiger partial charge in [0.05, 0.1) is 17.5 Å². The van der Waals surface area contributed by atoms with E-state index in [9.17, 15) is 8.42 Å². The maximum Gasteiger partial charge on any atom is 0.296 e. The van der Waals surface area contributed by atoms with Crippen molar-refractivity contribution in [2.75, 3.05) is 5.32 Å². The van der Waals surface area contributed by atoms with Crippen molar-refractivity contribution in [1.29, 1.82) is 0 Å². The zero-order chi connectivity index (χ0) is 14.0. The van der Waals surface area contributed by atoms with Crippen LogP contribution < -0.4 is 10.7 Å². The molecule has 3 N–H and O–H groups in total. The molecule has 1 aromatic rings. The minimum Gasteiger partial charge on any atom is -0.339 e. The second-order valence-corrected chi connectivity index (χ2v) is 5.55. The summed E-state index contributed by atoms with van der Waals surface area (Å²) in [6.45, 7) is 0. The van der Waals surface area contributed by atoms with E-state index >= 15 is 0 Å². The number of allylic oxidation sites excluding steroid dienone is 1. The Hall–Kier alpha value is -1.48. The molecule has 0 saturated heterocycles. The quantitative estimate of drug-likeness (QED) is 0.579. The van der Waals surface area contributed by atoms with Crippen LogP contribution in [0.5, 0.6) is 0 Å². The van der Waals surface area contributed by atoms with Crippen molar-refractivity contribution in [2.24, 2.45) is 5.10 Å². The molecule has 10 heteroatoms. The Labute approximate surface area is 119 Å². The van der Waals surface area contributed by atoms with E-state index in [1.165, 1.54) is 24.3 Å². The average molecular weight is 323 g/mol. The predicted molar refractivity (Wildman–Crippen MR) is 72.1 cm³/mol. The normalized spacial score (nSPS) is 15.4. The van der Waals surface area contributed by atoms with Gasteiger partial charge in [-0.1, -0.05) is 23.7 Å². The Morgan fingerprint density at radius 1 is 1.37 bits per heavy atom. The molecule has 0 radical (unpaired) electrons. The summed E-state index contributed by atoms with van der Waals surface area (Å²) >= 11 is 11.3. The molecule has 0 bridgehead atoms. The van der Waals surface area contributed by atoms with Crippen LogP contribution in [0.15, 0.2) is 46.2 Å². The topological polar surface area (TPSA) is 94.0 Å². The lowest BCUT2D eigenvalue weighted by molar-refractivity contribution is 0.396. The van der Waals surface area contributed by atoms with Crippen molar-refractivity contribution in [3.8, 4) is 0 Å². The molecule has 0 fully saturated rings. The van der Waals surface area contributed by atoms with Gasteiger partial charge >= 0.3 is 0 Å². The van der Waals surface area contributed by atoms with Gasteiger partial charge in [0.1, 0.15) is 10.7 Å². The lowest BCUT2D eigenvalue weighted by Crippen LogP contribution is -2.32. The van der Waals surface area contributed by atoms with Gasteiger partial charge in [-0.25, -0.2) is 0 Å². The van der Waals surface area contributed by atoms with Crippen LogP contribution in [0.2, 0.25) is 0 Å². The van der Waals surface area contributed by atoms with Crippen LogP contribution >= 0.6 is 23.4 Å². The molecule has 19 heavy (non-hydrogen) atoms. The predicted octanol–water partition coefficient (Wildman–Crippen LogP) is 1.71. The molecule has 0 saturated carbocycles. The van der Waals surface area contributed by atoms with Gasteiger partial charge in [0.25, 0.3) is 10.1 Å². The van der Waals surface area contributed by atoms with Crippen LogP contribution in [-0.2, 0) is 10.1 Å². The molecule has 2 rings (SSSR count). The fourth-order valence-electron chi connectivity index (χ4n) is 1.39. The number of nitrogens with zero attached hydrogens (tertiary/aromatic N) is 2. The van der Waals surface area contributed by atoms with Gasteiger partial charge in [-0.15, -0.1) is 9.74 Å². The van der Waals surface area contributed by atoms with Crippen LogP contribution in [0.1, 0.15) is 0 Å². The van der Waals surface area contributed by atoms with Gasteiger partial charge in [-0.3, -0.25) is 9.98 Å². The molecule has 0 aromatic heterocycles. The molecule has 0 spiro atoms. The average Bonchev–Trinajstić information content (AvgIpc) is 2.26. The lowest BCUT2D eigenvalue weighted by atomic mass is 10.3. The highest BCUT2D eigenvalue weighted by molar-refractivity contribution is 7.86. The first-order chi connectivity index (χ1) is 8.86. The highest BCUT2D eigenvalue weighted by Gasteiger charge is 2.17. The Morgan fingerprint density at radius 3 is 2.68 bits per heavy atom. The molecule has 7 nitrogen and oxygen atoms in total. The van der Waals surface area contributed by atoms with E-state index in [4.69, 9.17) is 27.9 Å². The number of nitrogens with one attached hydrogen (secondary N) is 2. The van der Waals surface area contributed by atoms with Gasteiger partial charge in [-0.05, 0) is 12.1 Å². The Balaban J connectivity index is 2.33. The summed E-state index contributed by atoms with van der Waals surface area (Å²) in [5.74, 6) is 0.297. The molecule has 0 atom stereocenters. The van der Waals surface area contributed by atoms with Gasteiger partial charge in [0.15, 0.2) is 5.17 Å². The number of para-hydroxylation sites is 1. The van der Waals surface area contributed by atoms with E-state index in [0.29, 0.717) is 5.82 Å². The molecule has 0 amide bonds. The van der Waals surface area contributed by atoms with Crippen molar-refractivity contribution in [1.82, 2.24) is 10.1 Å². The lowest BCUT2D eigenvalue weighted by Gasteiger charge is -2.21. The molecule has 1 aliphatic heterocycles. The zero-order valence-electron chi connectivity index (χ0n) is 9.21. The minimum atomic E-state index is -4.34. The second kappa shape index (κ2) is 5.25. The standard InChI is InChI=1S/C9H8Cl2N4O3S/c10-8-5-9(14-15(11)13-8)12-6-3-1-2-4-7(6)19(16,17)18/h1-5,12,14H,(H,16,17,18). The molecule has 0 aliphatic carbocycles. The van der Waals surface area contributed by atoms with Crippen LogP contribution in [0.25, 0.3) is 0 Å². The number of hydrazine groups is 1. The SMILES string of the molecule is O=S(=O)(O)c1ccccc1NC1=CC(Cl)=NN(Cl)N1. The monoisotopic (exact) mass is 322 g/mol. The van der Waals surface area contributed by atoms with E-state index in [-0.39, 0.29) is 15.8 Å². The minimum absolute atomic E-state index is 0.0978. The van der Waals surface area contributed by atoms with Crippen LogP contribution in [0, 0.1) is 0 Å². The van der Waals surface area contributed by atoms with Crippen molar-refractivity contribution >= 4 is 44.4 Å². The summed E-state index contributed by atoms with van der Waals surface area (Å²) < 4.78 is 32.4. The highest BCUT2D eigenvalue weighted by Crippen LogP contribution is 2.22. The zero-order valence-corrected chi connectivity index (χ0v) is 11.5. The molecular weight excluding hydrogens is 315 g/mol. The first-order valence-electron chi connectivity index (χ1n) is 4.88. The first-order valence-corrected chi connectivity index (χ1v) is 7.04. The number of hydrogen-bond acceptors (Lipinski definition) is 6. The van der Waals surface area contributed by atoms with E-state index < -0.39 is 10.1 Å². The van der Waals surface area contributed by atoms with Gasteiger partial charge in [-0.2, -0.15) is 8.42 Å². The third kappa shape index (κ3) is 3.51. The summed E-state index contributed by atoms with van der Waals surface area (Å²) in [6.07, 6.45) is 1.40. The number of halogens is 2. The summed E-state index contributed by atoms with van der Waals surface area (Å²) in [7, 11) is -4.34. The molecule has 1 heterocycles. The van der Waals surface area contributed by atoms with E-state index in [2.05, 4.69) is 15.8 Å². The molecule has 1 aliphatic rings. The third-order valence-corrected chi connectivity index (χ3v) is 3.35. The summed E-state index contributed by atoms with van der Waals surface area (Å²) in [6, 6.07) is 5.83. The number of hydrazone groups is 1. The number of hydrogen-bond donors (Lipinski definition) is 3. The summed E-state index contributed by atoms with van der Waals surface area (Å²) in [5.41, 5.74) is 2.74. The van der Waals surface area contributed by atoms with Crippen molar-refractivity contribution in [3.05, 3.63) is 36.2 Å². The van der Waals surface area contributed by atoms with E-state index in [0.717, 1.165) is 4.64 Å². The Bertz CT molecular complexity index is 659. The van der Waals surface area contributed by atoms with Gasteiger partial charge < -0.3 is 5.32 Å². The molecule has 102 valence electrons. The molecule has 1 aromatic carbocycles. The number of anilines is 1. The summed E-state index contributed by atoms with van der Waals surface area (Å²) in [5, 5.41) is 6.47. The van der Waals surface area contributed by atoms with E-state index in [1.54, 1.807) is 6.07 Å². The molecular formula is C9H8Cl2N4O3S. The number of benzene rings is 1. The smallest absolute Gasteiger partial charge is 0.296 e. The van der Waals surface area contributed by atoms with Crippen LogP contribution in [0.4, 0.5) is 5.69 Å². The Kier molecular flexibility index (Phi) is 3.85. The maximum atomic E-state index is 11.2. The van der Waals surface area contributed by atoms with Crippen molar-refractivity contribution in [3.63, 3.8) is 0 Å². The highest BCUT2D eigenvalue weighted by atomic mass is 35.5. The van der Waals surface area contributed by atoms with E-state index in [1.807, 2.05) is 0 Å². The first kappa shape index (κ1) is 13.9. The van der Waals surface area contributed by atoms with Gasteiger partial charge in [0.2, 0.25) is 0 Å². The fraction of sp³-hybridized carbons (Fsp3) is 0. The largest absolute Gasteiger partial charge is 0.339 e. The van der Waals surface area contributed by atoms with Crippen LogP contribution in [-0.4, -0.2) is 22.8 Å². The Morgan fingerprint density at radius 2 is 2.05 bits per heavy atom. The third-order valence-electron chi connectivity index (χ3n) is 2.09. The van der Waals surface area contributed by atoms with Crippen LogP contribution in [0.3, 0.4) is 0 Å². The van der Waals surface area contributed by atoms with Crippen molar-refractivity contribution in [2.45, 2.75) is 4.90 Å². The van der Waals surface area contributed by atoms with Crippen molar-refractivity contribution < 1.29 is 13.0 Å². The number of rotatable bonds is 3.